The minimum atomic E-state index is -1.02. The van der Waals surface area contributed by atoms with Crippen LogP contribution in [0.4, 0.5) is 0 Å². The third kappa shape index (κ3) is 4.81. The Morgan fingerprint density at radius 2 is 1.74 bits per heavy atom. The summed E-state index contributed by atoms with van der Waals surface area (Å²) in [7, 11) is 0. The Labute approximate surface area is 135 Å². The topological polar surface area (TPSA) is 63.6 Å². The molecule has 0 fully saturated rings. The van der Waals surface area contributed by atoms with Crippen molar-refractivity contribution in [3.8, 4) is 5.75 Å². The van der Waals surface area contributed by atoms with Gasteiger partial charge in [0.2, 0.25) is 0 Å². The van der Waals surface area contributed by atoms with Crippen molar-refractivity contribution in [2.45, 2.75) is 13.8 Å². The van der Waals surface area contributed by atoms with E-state index in [1.165, 1.54) is 6.08 Å². The van der Waals surface area contributed by atoms with Crippen molar-refractivity contribution in [3.63, 3.8) is 0 Å². The maximum atomic E-state index is 12.1. The van der Waals surface area contributed by atoms with E-state index in [0.29, 0.717) is 11.3 Å². The summed E-state index contributed by atoms with van der Waals surface area (Å²) in [5.74, 6) is -0.600. The zero-order valence-electron chi connectivity index (χ0n) is 13.1. The number of carboxylic acid groups (broad SMARTS) is 1. The lowest BCUT2D eigenvalue weighted by Crippen LogP contribution is -2.09. The summed E-state index contributed by atoms with van der Waals surface area (Å²) in [5.41, 5.74) is 3.74. The molecule has 0 aliphatic heterocycles. The fraction of sp³-hybridized carbons (Fsp3) is 0.158. The summed E-state index contributed by atoms with van der Waals surface area (Å²) in [5, 5.41) is 8.55. The van der Waals surface area contributed by atoms with Gasteiger partial charge in [-0.3, -0.25) is 4.79 Å². The van der Waals surface area contributed by atoms with Gasteiger partial charge in [-0.05, 0) is 54.8 Å². The number of carbonyl (C=O) groups excluding carboxylic acids is 1. The summed E-state index contributed by atoms with van der Waals surface area (Å²) in [6.07, 6.45) is 3.25. The Morgan fingerprint density at radius 1 is 1.04 bits per heavy atom. The normalized spacial score (nSPS) is 10.7. The van der Waals surface area contributed by atoms with E-state index < -0.39 is 5.97 Å². The molecule has 0 aromatic heterocycles. The lowest BCUT2D eigenvalue weighted by molar-refractivity contribution is -0.139. The van der Waals surface area contributed by atoms with Crippen molar-refractivity contribution in [2.24, 2.45) is 0 Å². The maximum absolute atomic E-state index is 12.1. The molecule has 2 aromatic rings. The first kappa shape index (κ1) is 16.5. The zero-order valence-corrected chi connectivity index (χ0v) is 13.1. The molecule has 2 aromatic carbocycles. The summed E-state index contributed by atoms with van der Waals surface area (Å²) < 4.78 is 5.05. The van der Waals surface area contributed by atoms with E-state index in [0.717, 1.165) is 16.7 Å². The quantitative estimate of drug-likeness (QED) is 0.653. The van der Waals surface area contributed by atoms with E-state index in [2.05, 4.69) is 0 Å². The van der Waals surface area contributed by atoms with Crippen molar-refractivity contribution in [2.75, 3.05) is 6.61 Å². The molecule has 23 heavy (non-hydrogen) atoms. The second-order valence-electron chi connectivity index (χ2n) is 5.25. The first-order chi connectivity index (χ1) is 11.0. The number of aliphatic carboxylic acids is 1. The van der Waals surface area contributed by atoms with Crippen molar-refractivity contribution in [1.82, 2.24) is 0 Å². The number of allylic oxidation sites excluding steroid dienone is 1. The van der Waals surface area contributed by atoms with Crippen molar-refractivity contribution in [3.05, 3.63) is 70.8 Å². The molecule has 0 saturated carbocycles. The van der Waals surface area contributed by atoms with Gasteiger partial charge < -0.3 is 9.84 Å². The minimum Gasteiger partial charge on any atom is -0.482 e. The first-order valence-corrected chi connectivity index (χ1v) is 7.20. The van der Waals surface area contributed by atoms with Crippen LogP contribution in [0.3, 0.4) is 0 Å². The highest BCUT2D eigenvalue weighted by Crippen LogP contribution is 2.15. The highest BCUT2D eigenvalue weighted by atomic mass is 16.5. The molecule has 4 heteroatoms. The van der Waals surface area contributed by atoms with Gasteiger partial charge in [0, 0.05) is 5.56 Å². The molecule has 0 saturated heterocycles. The van der Waals surface area contributed by atoms with Gasteiger partial charge in [0.25, 0.3) is 0 Å². The number of benzene rings is 2. The molecule has 0 atom stereocenters. The number of ether oxygens (including phenoxy) is 1. The number of ketones is 1. The van der Waals surface area contributed by atoms with Gasteiger partial charge in [-0.15, -0.1) is 0 Å². The zero-order chi connectivity index (χ0) is 16.8. The summed E-state index contributed by atoms with van der Waals surface area (Å²) in [6, 6.07) is 12.5. The fourth-order valence-corrected chi connectivity index (χ4v) is 1.98. The van der Waals surface area contributed by atoms with Crippen molar-refractivity contribution in [1.29, 1.82) is 0 Å². The second-order valence-corrected chi connectivity index (χ2v) is 5.25. The van der Waals surface area contributed by atoms with Crippen molar-refractivity contribution < 1.29 is 19.4 Å². The standard InChI is InChI=1S/C19H18O4/c1-13-3-7-16(11-14(13)2)18(20)10-6-15-4-8-17(9-5-15)23-12-19(21)22/h3-11H,12H2,1-2H3,(H,21,22). The van der Waals surface area contributed by atoms with Crippen LogP contribution in [0.5, 0.6) is 5.75 Å². The molecule has 1 N–H and O–H groups in total. The van der Waals surface area contributed by atoms with Gasteiger partial charge in [0.1, 0.15) is 5.75 Å². The largest absolute Gasteiger partial charge is 0.482 e. The smallest absolute Gasteiger partial charge is 0.341 e. The summed E-state index contributed by atoms with van der Waals surface area (Å²) in [6.45, 7) is 3.61. The molecule has 0 radical (unpaired) electrons. The van der Waals surface area contributed by atoms with Crippen LogP contribution in [0, 0.1) is 13.8 Å². The highest BCUT2D eigenvalue weighted by Gasteiger charge is 2.03. The number of aryl methyl sites for hydroxylation is 2. The second kappa shape index (κ2) is 7.40. The number of carboxylic acids is 1. The van der Waals surface area contributed by atoms with Crippen LogP contribution in [-0.4, -0.2) is 23.5 Å². The third-order valence-corrected chi connectivity index (χ3v) is 3.46. The molecule has 0 aliphatic carbocycles. The number of hydrogen-bond acceptors (Lipinski definition) is 3. The molecule has 0 unspecified atom stereocenters. The Bertz CT molecular complexity index is 742. The molecular formula is C19H18O4. The van der Waals surface area contributed by atoms with E-state index in [9.17, 15) is 9.59 Å². The summed E-state index contributed by atoms with van der Waals surface area (Å²) in [4.78, 5) is 22.6. The van der Waals surface area contributed by atoms with Crippen LogP contribution in [-0.2, 0) is 4.79 Å². The van der Waals surface area contributed by atoms with Crippen LogP contribution in [0.15, 0.2) is 48.5 Å². The molecule has 0 amide bonds. The Morgan fingerprint density at radius 3 is 2.35 bits per heavy atom. The van der Waals surface area contributed by atoms with Crippen molar-refractivity contribution >= 4 is 17.8 Å². The van der Waals surface area contributed by atoms with Crippen LogP contribution in [0.1, 0.15) is 27.0 Å². The maximum Gasteiger partial charge on any atom is 0.341 e. The number of hydrogen-bond donors (Lipinski definition) is 1. The average Bonchev–Trinajstić information content (AvgIpc) is 2.54. The lowest BCUT2D eigenvalue weighted by Gasteiger charge is -2.03. The first-order valence-electron chi connectivity index (χ1n) is 7.20. The molecule has 2 rings (SSSR count). The summed E-state index contributed by atoms with van der Waals surface area (Å²) >= 11 is 0. The monoisotopic (exact) mass is 310 g/mol. The van der Waals surface area contributed by atoms with Crippen LogP contribution in [0.2, 0.25) is 0 Å². The molecule has 0 heterocycles. The highest BCUT2D eigenvalue weighted by molar-refractivity contribution is 6.06. The van der Waals surface area contributed by atoms with E-state index in [-0.39, 0.29) is 12.4 Å². The predicted molar refractivity (Wildman–Crippen MR) is 88.9 cm³/mol. The average molecular weight is 310 g/mol. The SMILES string of the molecule is Cc1ccc(C(=O)C=Cc2ccc(OCC(=O)O)cc2)cc1C. The van der Waals surface area contributed by atoms with Crippen LogP contribution >= 0.6 is 0 Å². The van der Waals surface area contributed by atoms with Gasteiger partial charge >= 0.3 is 5.97 Å². The van der Waals surface area contributed by atoms with Crippen LogP contribution in [0.25, 0.3) is 6.08 Å². The lowest BCUT2D eigenvalue weighted by atomic mass is 10.0. The Hall–Kier alpha value is -2.88. The van der Waals surface area contributed by atoms with E-state index in [1.807, 2.05) is 32.0 Å². The van der Waals surface area contributed by atoms with Crippen LogP contribution < -0.4 is 4.74 Å². The Kier molecular flexibility index (Phi) is 5.31. The Balaban J connectivity index is 2.03. The van der Waals surface area contributed by atoms with E-state index >= 15 is 0 Å². The van der Waals surface area contributed by atoms with Gasteiger partial charge in [-0.2, -0.15) is 0 Å². The van der Waals surface area contributed by atoms with Gasteiger partial charge in [0.05, 0.1) is 0 Å². The van der Waals surface area contributed by atoms with E-state index in [4.69, 9.17) is 9.84 Å². The molecule has 0 spiro atoms. The molecule has 4 nitrogen and oxygen atoms in total. The minimum absolute atomic E-state index is 0.0562. The number of rotatable bonds is 6. The molecule has 0 bridgehead atoms. The molecule has 118 valence electrons. The van der Waals surface area contributed by atoms with Gasteiger partial charge in [0.15, 0.2) is 12.4 Å². The van der Waals surface area contributed by atoms with E-state index in [1.54, 1.807) is 30.3 Å². The van der Waals surface area contributed by atoms with Gasteiger partial charge in [-0.1, -0.05) is 30.3 Å². The van der Waals surface area contributed by atoms with Gasteiger partial charge in [-0.25, -0.2) is 4.79 Å². The molecular weight excluding hydrogens is 292 g/mol. The predicted octanol–water partition coefficient (Wildman–Crippen LogP) is 3.66. The third-order valence-electron chi connectivity index (χ3n) is 3.46. The fourth-order valence-electron chi connectivity index (χ4n) is 1.98. The molecule has 0 aliphatic rings. The number of carbonyl (C=O) groups is 2.